The van der Waals surface area contributed by atoms with Crippen molar-refractivity contribution in [1.82, 2.24) is 0 Å². The Balaban J connectivity index is 0.000000177. The van der Waals surface area contributed by atoms with E-state index in [2.05, 4.69) is 45.6 Å². The molecule has 0 spiro atoms. The fourth-order valence-corrected chi connectivity index (χ4v) is 2.47. The minimum absolute atomic E-state index is 0.663. The van der Waals surface area contributed by atoms with E-state index in [1.165, 1.54) is 37.7 Å². The highest BCUT2D eigenvalue weighted by atomic mass is 14.3. The van der Waals surface area contributed by atoms with Gasteiger partial charge in [0.2, 0.25) is 0 Å². The van der Waals surface area contributed by atoms with Crippen molar-refractivity contribution in [3.05, 3.63) is 36.5 Å². The second kappa shape index (κ2) is 7.53. The van der Waals surface area contributed by atoms with Gasteiger partial charge in [-0.3, -0.25) is 0 Å². The number of hydrogen-bond donors (Lipinski definition) is 0. The highest BCUT2D eigenvalue weighted by Gasteiger charge is 2.25. The van der Waals surface area contributed by atoms with Crippen molar-refractivity contribution >= 4 is 0 Å². The molecule has 0 aromatic heterocycles. The highest BCUT2D eigenvalue weighted by Crippen LogP contribution is 2.38. The summed E-state index contributed by atoms with van der Waals surface area (Å²) in [5, 5.41) is 0. The van der Waals surface area contributed by atoms with Crippen LogP contribution in [-0.4, -0.2) is 0 Å². The quantitative estimate of drug-likeness (QED) is 0.559. The minimum Gasteiger partial charge on any atom is -0.103 e. The van der Waals surface area contributed by atoms with Crippen molar-refractivity contribution in [1.29, 1.82) is 0 Å². The molecule has 0 heterocycles. The van der Waals surface area contributed by atoms with Gasteiger partial charge in [0.25, 0.3) is 0 Å². The summed E-state index contributed by atoms with van der Waals surface area (Å²) in [6.45, 7) is 10.2. The first-order valence-corrected chi connectivity index (χ1v) is 7.06. The molecule has 2 aliphatic rings. The standard InChI is InChI=1S/C10H18.C7H10/c1-5-10(4)8-6-7-9(2)3;1-2-7-4-3-6(1)5-7/h5,7,10H,1,6,8H2,2-4H3;1-2,6-7H,3-5H2. The first-order valence-electron chi connectivity index (χ1n) is 7.06. The number of hydrogen-bond acceptors (Lipinski definition) is 0. The Labute approximate surface area is 108 Å². The van der Waals surface area contributed by atoms with Crippen LogP contribution in [0.3, 0.4) is 0 Å². The van der Waals surface area contributed by atoms with Gasteiger partial charge in [-0.2, -0.15) is 0 Å². The van der Waals surface area contributed by atoms with E-state index in [1.807, 2.05) is 6.08 Å². The highest BCUT2D eigenvalue weighted by molar-refractivity contribution is 5.06. The van der Waals surface area contributed by atoms with Gasteiger partial charge in [0.15, 0.2) is 0 Å². The second-order valence-electron chi connectivity index (χ2n) is 5.79. The molecule has 0 nitrogen and oxygen atoms in total. The normalized spacial score (nSPS) is 26.1. The van der Waals surface area contributed by atoms with E-state index in [0.717, 1.165) is 11.8 Å². The fourth-order valence-electron chi connectivity index (χ4n) is 2.47. The maximum atomic E-state index is 3.74. The predicted molar refractivity (Wildman–Crippen MR) is 78.0 cm³/mol. The van der Waals surface area contributed by atoms with Gasteiger partial charge < -0.3 is 0 Å². The molecule has 0 aromatic carbocycles. The summed E-state index contributed by atoms with van der Waals surface area (Å²) >= 11 is 0. The first kappa shape index (κ1) is 14.3. The molecule has 3 atom stereocenters. The maximum Gasteiger partial charge on any atom is -0.0228 e. The SMILES string of the molecule is C1=CC2CCC1C2.C=CC(C)CCC=C(C)C. The van der Waals surface area contributed by atoms with Gasteiger partial charge in [0, 0.05) is 0 Å². The van der Waals surface area contributed by atoms with Crippen molar-refractivity contribution in [2.75, 3.05) is 0 Å². The van der Waals surface area contributed by atoms with Crippen LogP contribution in [0.25, 0.3) is 0 Å². The Morgan fingerprint density at radius 2 is 1.88 bits per heavy atom. The van der Waals surface area contributed by atoms with Crippen molar-refractivity contribution in [3.63, 3.8) is 0 Å². The van der Waals surface area contributed by atoms with Crippen molar-refractivity contribution < 1.29 is 0 Å². The van der Waals surface area contributed by atoms with Crippen LogP contribution in [0, 0.1) is 17.8 Å². The monoisotopic (exact) mass is 232 g/mol. The largest absolute Gasteiger partial charge is 0.103 e. The van der Waals surface area contributed by atoms with Gasteiger partial charge in [0.1, 0.15) is 0 Å². The summed E-state index contributed by atoms with van der Waals surface area (Å²) in [7, 11) is 0. The summed E-state index contributed by atoms with van der Waals surface area (Å²) in [4.78, 5) is 0. The molecule has 0 heteroatoms. The van der Waals surface area contributed by atoms with E-state index in [9.17, 15) is 0 Å². The molecule has 17 heavy (non-hydrogen) atoms. The number of allylic oxidation sites excluding steroid dienone is 5. The van der Waals surface area contributed by atoms with E-state index >= 15 is 0 Å². The van der Waals surface area contributed by atoms with Crippen LogP contribution in [0.15, 0.2) is 36.5 Å². The van der Waals surface area contributed by atoms with Crippen LogP contribution in [0.2, 0.25) is 0 Å². The average Bonchev–Trinajstić information content (AvgIpc) is 2.93. The smallest absolute Gasteiger partial charge is 0.0228 e. The Bertz CT molecular complexity index is 266. The molecule has 0 N–H and O–H groups in total. The zero-order chi connectivity index (χ0) is 12.7. The molecular formula is C17H28. The van der Waals surface area contributed by atoms with E-state index in [4.69, 9.17) is 0 Å². The van der Waals surface area contributed by atoms with Crippen molar-refractivity contribution in [2.24, 2.45) is 17.8 Å². The van der Waals surface area contributed by atoms with Crippen molar-refractivity contribution in [3.8, 4) is 0 Å². The lowest BCUT2D eigenvalue weighted by Crippen LogP contribution is -1.86. The molecule has 1 fully saturated rings. The Hall–Kier alpha value is -0.780. The van der Waals surface area contributed by atoms with Crippen LogP contribution in [0.4, 0.5) is 0 Å². The molecule has 0 aromatic rings. The first-order chi connectivity index (χ1) is 8.11. The third kappa shape index (κ3) is 5.91. The van der Waals surface area contributed by atoms with Crippen LogP contribution in [-0.2, 0) is 0 Å². The van der Waals surface area contributed by atoms with Crippen molar-refractivity contribution in [2.45, 2.75) is 52.9 Å². The maximum absolute atomic E-state index is 3.74. The summed E-state index contributed by atoms with van der Waals surface area (Å²) in [6, 6.07) is 0. The lowest BCUT2D eigenvalue weighted by atomic mass is 10.1. The third-order valence-corrected chi connectivity index (χ3v) is 3.75. The van der Waals surface area contributed by atoms with Gasteiger partial charge in [-0.25, -0.2) is 0 Å². The van der Waals surface area contributed by atoms with Crippen LogP contribution >= 0.6 is 0 Å². The third-order valence-electron chi connectivity index (χ3n) is 3.75. The van der Waals surface area contributed by atoms with Gasteiger partial charge in [-0.15, -0.1) is 6.58 Å². The molecule has 0 saturated heterocycles. The Morgan fingerprint density at radius 3 is 2.18 bits per heavy atom. The molecule has 2 bridgehead atoms. The second-order valence-corrected chi connectivity index (χ2v) is 5.79. The Kier molecular flexibility index (Phi) is 6.32. The average molecular weight is 232 g/mol. The zero-order valence-corrected chi connectivity index (χ0v) is 11.8. The summed E-state index contributed by atoms with van der Waals surface area (Å²) < 4.78 is 0. The summed E-state index contributed by atoms with van der Waals surface area (Å²) in [5.41, 5.74) is 1.41. The molecular weight excluding hydrogens is 204 g/mol. The van der Waals surface area contributed by atoms with Gasteiger partial charge in [0.05, 0.1) is 0 Å². The van der Waals surface area contributed by atoms with Gasteiger partial charge in [-0.1, -0.05) is 36.8 Å². The van der Waals surface area contributed by atoms with Gasteiger partial charge in [-0.05, 0) is 63.7 Å². The topological polar surface area (TPSA) is 0 Å². The summed E-state index contributed by atoms with van der Waals surface area (Å²) in [5.74, 6) is 2.64. The van der Waals surface area contributed by atoms with Gasteiger partial charge >= 0.3 is 0 Å². The van der Waals surface area contributed by atoms with E-state index in [0.29, 0.717) is 5.92 Å². The van der Waals surface area contributed by atoms with E-state index in [-0.39, 0.29) is 0 Å². The Morgan fingerprint density at radius 1 is 1.29 bits per heavy atom. The number of rotatable bonds is 4. The van der Waals surface area contributed by atoms with Crippen LogP contribution < -0.4 is 0 Å². The number of fused-ring (bicyclic) bond motifs is 2. The lowest BCUT2D eigenvalue weighted by Gasteiger charge is -2.01. The minimum atomic E-state index is 0.663. The lowest BCUT2D eigenvalue weighted by molar-refractivity contribution is 0.658. The molecule has 0 amide bonds. The predicted octanol–water partition coefficient (Wildman–Crippen LogP) is 5.53. The van der Waals surface area contributed by atoms with Crippen LogP contribution in [0.1, 0.15) is 52.9 Å². The molecule has 96 valence electrons. The fraction of sp³-hybridized carbons (Fsp3) is 0.647. The molecule has 0 radical (unpaired) electrons. The molecule has 0 aliphatic heterocycles. The van der Waals surface area contributed by atoms with E-state index in [1.54, 1.807) is 0 Å². The molecule has 2 aliphatic carbocycles. The summed E-state index contributed by atoms with van der Waals surface area (Å²) in [6.07, 6.45) is 15.9. The molecule has 1 saturated carbocycles. The van der Waals surface area contributed by atoms with E-state index < -0.39 is 0 Å². The molecule has 3 unspecified atom stereocenters. The van der Waals surface area contributed by atoms with Crippen LogP contribution in [0.5, 0.6) is 0 Å². The molecule has 2 rings (SSSR count). The zero-order valence-electron chi connectivity index (χ0n) is 11.8.